The highest BCUT2D eigenvalue weighted by molar-refractivity contribution is 5.79. The Labute approximate surface area is 149 Å². The second kappa shape index (κ2) is 11.3. The maximum absolute atomic E-state index is 11.7. The highest BCUT2D eigenvalue weighted by atomic mass is 16.2. The van der Waals surface area contributed by atoms with E-state index in [9.17, 15) is 9.59 Å². The van der Waals surface area contributed by atoms with Crippen LogP contribution in [0.4, 0.5) is 0 Å². The van der Waals surface area contributed by atoms with Crippen molar-refractivity contribution < 1.29 is 9.59 Å². The number of carbonyl (C=O) groups excluding carboxylic acids is 2. The van der Waals surface area contributed by atoms with Crippen molar-refractivity contribution in [2.75, 3.05) is 0 Å². The van der Waals surface area contributed by atoms with Crippen LogP contribution in [-0.2, 0) is 9.59 Å². The van der Waals surface area contributed by atoms with E-state index in [-0.39, 0.29) is 24.7 Å². The van der Waals surface area contributed by atoms with Crippen molar-refractivity contribution in [3.8, 4) is 0 Å². The van der Waals surface area contributed by atoms with Gasteiger partial charge in [-0.05, 0) is 56.8 Å². The van der Waals surface area contributed by atoms with Gasteiger partial charge in [-0.2, -0.15) is 10.2 Å². The zero-order valence-corrected chi connectivity index (χ0v) is 14.7. The van der Waals surface area contributed by atoms with Crippen LogP contribution in [-0.4, -0.2) is 24.2 Å². The number of rotatable bonds is 8. The van der Waals surface area contributed by atoms with Crippen LogP contribution < -0.4 is 10.9 Å². The van der Waals surface area contributed by atoms with E-state index >= 15 is 0 Å². The summed E-state index contributed by atoms with van der Waals surface area (Å²) < 4.78 is 0. The summed E-state index contributed by atoms with van der Waals surface area (Å²) in [5.41, 5.74) is 5.06. The SMILES string of the molecule is O=C(CCCC(=O)N/N=C\C1CC=CCC1)N/N=C\C1CC=CCC1. The highest BCUT2D eigenvalue weighted by Gasteiger charge is 2.08. The Morgan fingerprint density at radius 3 is 1.72 bits per heavy atom. The molecule has 2 atom stereocenters. The van der Waals surface area contributed by atoms with E-state index in [0.29, 0.717) is 18.3 Å². The van der Waals surface area contributed by atoms with E-state index < -0.39 is 0 Å². The summed E-state index contributed by atoms with van der Waals surface area (Å²) in [4.78, 5) is 23.4. The minimum Gasteiger partial charge on any atom is -0.273 e. The number of carbonyl (C=O) groups is 2. The van der Waals surface area contributed by atoms with Gasteiger partial charge in [0, 0.05) is 25.3 Å². The van der Waals surface area contributed by atoms with Crippen molar-refractivity contribution >= 4 is 24.2 Å². The minimum absolute atomic E-state index is 0.159. The molecule has 6 heteroatoms. The second-order valence-corrected chi connectivity index (χ2v) is 6.57. The molecule has 0 bridgehead atoms. The van der Waals surface area contributed by atoms with Crippen LogP contribution in [0.3, 0.4) is 0 Å². The topological polar surface area (TPSA) is 82.9 Å². The molecule has 0 aromatic heterocycles. The molecular formula is C19H28N4O2. The van der Waals surface area contributed by atoms with Gasteiger partial charge >= 0.3 is 0 Å². The number of hydrogen-bond acceptors (Lipinski definition) is 4. The molecule has 0 aliphatic heterocycles. The van der Waals surface area contributed by atoms with Gasteiger partial charge < -0.3 is 0 Å². The van der Waals surface area contributed by atoms with Crippen LogP contribution in [0.25, 0.3) is 0 Å². The molecule has 0 saturated carbocycles. The molecule has 0 aromatic carbocycles. The molecular weight excluding hydrogens is 316 g/mol. The van der Waals surface area contributed by atoms with Gasteiger partial charge in [-0.3, -0.25) is 9.59 Å². The summed E-state index contributed by atoms with van der Waals surface area (Å²) in [6, 6.07) is 0. The maximum atomic E-state index is 11.7. The van der Waals surface area contributed by atoms with Gasteiger partial charge in [0.05, 0.1) is 0 Å². The lowest BCUT2D eigenvalue weighted by molar-refractivity contribution is -0.122. The predicted molar refractivity (Wildman–Crippen MR) is 100 cm³/mol. The Hall–Kier alpha value is -2.24. The second-order valence-electron chi connectivity index (χ2n) is 6.57. The molecule has 0 spiro atoms. The lowest BCUT2D eigenvalue weighted by atomic mass is 9.96. The summed E-state index contributed by atoms with van der Waals surface area (Å²) in [7, 11) is 0. The summed E-state index contributed by atoms with van der Waals surface area (Å²) >= 11 is 0. The first-order chi connectivity index (χ1) is 12.2. The number of nitrogens with one attached hydrogen (secondary N) is 2. The first-order valence-corrected chi connectivity index (χ1v) is 9.18. The monoisotopic (exact) mass is 344 g/mol. The highest BCUT2D eigenvalue weighted by Crippen LogP contribution is 2.16. The molecule has 2 rings (SSSR count). The average Bonchev–Trinajstić information content (AvgIpc) is 2.63. The number of amides is 2. The average molecular weight is 344 g/mol. The minimum atomic E-state index is -0.159. The first kappa shape index (κ1) is 19.1. The van der Waals surface area contributed by atoms with Crippen LogP contribution in [0.1, 0.15) is 57.8 Å². The van der Waals surface area contributed by atoms with Crippen LogP contribution >= 0.6 is 0 Å². The lowest BCUT2D eigenvalue weighted by Crippen LogP contribution is -2.21. The number of allylic oxidation sites excluding steroid dienone is 4. The van der Waals surface area contributed by atoms with Gasteiger partial charge in [0.1, 0.15) is 0 Å². The third-order valence-electron chi connectivity index (χ3n) is 4.38. The zero-order valence-electron chi connectivity index (χ0n) is 14.7. The molecule has 0 heterocycles. The Morgan fingerprint density at radius 1 is 0.840 bits per heavy atom. The zero-order chi connectivity index (χ0) is 17.7. The maximum Gasteiger partial charge on any atom is 0.240 e. The van der Waals surface area contributed by atoms with E-state index in [1.54, 1.807) is 0 Å². The molecule has 6 nitrogen and oxygen atoms in total. The molecule has 136 valence electrons. The fourth-order valence-corrected chi connectivity index (χ4v) is 2.86. The molecule has 0 saturated heterocycles. The summed E-state index contributed by atoms with van der Waals surface area (Å²) in [5, 5.41) is 8.01. The summed E-state index contributed by atoms with van der Waals surface area (Å²) in [6.07, 6.45) is 19.6. The predicted octanol–water partition coefficient (Wildman–Crippen LogP) is 3.07. The number of hydrazone groups is 2. The molecule has 0 aromatic rings. The molecule has 2 amide bonds. The first-order valence-electron chi connectivity index (χ1n) is 9.18. The Bertz CT molecular complexity index is 504. The molecule has 2 unspecified atom stereocenters. The van der Waals surface area contributed by atoms with Gasteiger partial charge in [-0.15, -0.1) is 0 Å². The van der Waals surface area contributed by atoms with Crippen LogP contribution in [0.2, 0.25) is 0 Å². The van der Waals surface area contributed by atoms with Gasteiger partial charge in [0.15, 0.2) is 0 Å². The largest absolute Gasteiger partial charge is 0.273 e. The third kappa shape index (κ3) is 8.42. The van der Waals surface area contributed by atoms with E-state index in [2.05, 4.69) is 45.4 Å². The molecule has 2 N–H and O–H groups in total. The van der Waals surface area contributed by atoms with Crippen molar-refractivity contribution in [3.63, 3.8) is 0 Å². The summed E-state index contributed by atoms with van der Waals surface area (Å²) in [6.45, 7) is 0. The van der Waals surface area contributed by atoms with Crippen molar-refractivity contribution in [1.29, 1.82) is 0 Å². The molecule has 25 heavy (non-hydrogen) atoms. The van der Waals surface area contributed by atoms with Gasteiger partial charge in [-0.1, -0.05) is 24.3 Å². The van der Waals surface area contributed by atoms with Crippen molar-refractivity contribution in [3.05, 3.63) is 24.3 Å². The van der Waals surface area contributed by atoms with Crippen molar-refractivity contribution in [2.24, 2.45) is 22.0 Å². The summed E-state index contributed by atoms with van der Waals surface area (Å²) in [5.74, 6) is 0.503. The van der Waals surface area contributed by atoms with E-state index in [0.717, 1.165) is 38.5 Å². The quantitative estimate of drug-likeness (QED) is 0.403. The molecule has 0 radical (unpaired) electrons. The van der Waals surface area contributed by atoms with E-state index in [1.807, 2.05) is 12.4 Å². The third-order valence-corrected chi connectivity index (χ3v) is 4.38. The number of hydrogen-bond donors (Lipinski definition) is 2. The molecule has 0 fully saturated rings. The lowest BCUT2D eigenvalue weighted by Gasteiger charge is -2.11. The molecule has 2 aliphatic rings. The van der Waals surface area contributed by atoms with Crippen molar-refractivity contribution in [2.45, 2.75) is 57.8 Å². The fraction of sp³-hybridized carbons (Fsp3) is 0.579. The Kier molecular flexibility index (Phi) is 8.66. The Morgan fingerprint density at radius 2 is 1.32 bits per heavy atom. The van der Waals surface area contributed by atoms with E-state index in [1.165, 1.54) is 0 Å². The van der Waals surface area contributed by atoms with Crippen LogP contribution in [0.5, 0.6) is 0 Å². The Balaban J connectivity index is 1.52. The normalized spacial score (nSPS) is 23.2. The van der Waals surface area contributed by atoms with Gasteiger partial charge in [0.25, 0.3) is 0 Å². The molecule has 2 aliphatic carbocycles. The van der Waals surface area contributed by atoms with Crippen molar-refractivity contribution in [1.82, 2.24) is 10.9 Å². The van der Waals surface area contributed by atoms with Gasteiger partial charge in [-0.25, -0.2) is 10.9 Å². The van der Waals surface area contributed by atoms with Gasteiger partial charge in [0.2, 0.25) is 11.8 Å². The fourth-order valence-electron chi connectivity index (χ4n) is 2.86. The smallest absolute Gasteiger partial charge is 0.240 e. The standard InChI is InChI=1S/C19H28N4O2/c24-18(22-20-14-16-8-3-1-4-9-16)12-7-13-19(25)23-21-15-17-10-5-2-6-11-17/h1-3,5,14-17H,4,6-13H2,(H,22,24)(H,23,25)/b20-14-,21-15-. The van der Waals surface area contributed by atoms with Crippen LogP contribution in [0, 0.1) is 11.8 Å². The number of nitrogens with zero attached hydrogens (tertiary/aromatic N) is 2. The van der Waals surface area contributed by atoms with E-state index in [4.69, 9.17) is 0 Å². The van der Waals surface area contributed by atoms with Crippen LogP contribution in [0.15, 0.2) is 34.5 Å².